The Balaban J connectivity index is 1.25. The fourth-order valence-electron chi connectivity index (χ4n) is 15.8. The second kappa shape index (κ2) is 41.4. The first-order valence-corrected chi connectivity index (χ1v) is 43.2. The zero-order valence-electron chi connectivity index (χ0n) is 71.0. The molecule has 9 aromatic rings. The summed E-state index contributed by atoms with van der Waals surface area (Å²) in [6, 6.07) is 38.1. The van der Waals surface area contributed by atoms with Crippen molar-refractivity contribution in [3.05, 3.63) is 166 Å². The lowest BCUT2D eigenvalue weighted by Gasteiger charge is -2.27. The van der Waals surface area contributed by atoms with E-state index in [9.17, 15) is 9.59 Å². The average molecular weight is 1520 g/mol. The summed E-state index contributed by atoms with van der Waals surface area (Å²) >= 11 is 0. The highest BCUT2D eigenvalue weighted by Crippen LogP contribution is 2.57. The van der Waals surface area contributed by atoms with E-state index in [-0.39, 0.29) is 72.3 Å². The van der Waals surface area contributed by atoms with Gasteiger partial charge in [0.2, 0.25) is 11.8 Å². The van der Waals surface area contributed by atoms with Gasteiger partial charge in [-0.1, -0.05) is 338 Å². The molecule has 12 nitrogen and oxygen atoms in total. The van der Waals surface area contributed by atoms with Gasteiger partial charge in [0.05, 0.1) is 22.3 Å². The Labute approximate surface area is 672 Å². The minimum atomic E-state index is -0.853. The topological polar surface area (TPSA) is 181 Å². The Kier molecular flexibility index (Phi) is 32.3. The molecule has 0 unspecified atom stereocenters. The van der Waals surface area contributed by atoms with Crippen molar-refractivity contribution in [3.63, 3.8) is 0 Å². The number of carbonyl (C=O) groups is 4. The Hall–Kier alpha value is -8.64. The van der Waals surface area contributed by atoms with Gasteiger partial charge >= 0.3 is 0 Å². The summed E-state index contributed by atoms with van der Waals surface area (Å²) in [5.41, 5.74) is 17.0. The monoisotopic (exact) mass is 1520 g/mol. The molecule has 0 aliphatic heterocycles. The lowest BCUT2D eigenvalue weighted by atomic mass is 9.82. The molecule has 9 rings (SSSR count). The van der Waals surface area contributed by atoms with E-state index in [1.165, 1.54) is 154 Å². The molecule has 6 N–H and O–H groups in total. The lowest BCUT2D eigenvalue weighted by Crippen LogP contribution is -2.27. The SMILES string of the molecule is CCCCCCCCCCCCCCCCCCNC(=O)c1cc(Oc2ccc(C(C)(C)C)cc2)c2c3c(Oc4ccc(C(C)(C)C)cc4)cc(C(N)=O)c4c(C(N)=O)cc(Oc5ccc(C(C)(C)C)cc5)c(c5c(Oc6ccc(C(C)(C)C)cc6)cc(C(=O)NCCCCCCCCCCCCCCCCCC)c1c25)c43. The summed E-state index contributed by atoms with van der Waals surface area (Å²) in [4.78, 5) is 61.5. The highest BCUT2D eigenvalue weighted by atomic mass is 16.5. The predicted molar refractivity (Wildman–Crippen MR) is 469 cm³/mol. The number of carbonyl (C=O) groups excluding carboxylic acids is 4. The minimum Gasteiger partial charge on any atom is -0.457 e. The van der Waals surface area contributed by atoms with E-state index >= 15 is 9.59 Å². The number of hydrogen-bond acceptors (Lipinski definition) is 8. The van der Waals surface area contributed by atoms with Crippen LogP contribution in [0.15, 0.2) is 121 Å². The van der Waals surface area contributed by atoms with Crippen LogP contribution in [0.1, 0.15) is 366 Å². The van der Waals surface area contributed by atoms with Crippen molar-refractivity contribution in [1.29, 1.82) is 0 Å². The van der Waals surface area contributed by atoms with E-state index in [1.54, 1.807) is 24.3 Å². The number of hydrogen-bond donors (Lipinski definition) is 4. The van der Waals surface area contributed by atoms with Crippen molar-refractivity contribution < 1.29 is 38.1 Å². The fourth-order valence-corrected chi connectivity index (χ4v) is 15.8. The van der Waals surface area contributed by atoms with Crippen LogP contribution in [0.4, 0.5) is 0 Å². The Morgan fingerprint density at radius 3 is 0.643 bits per heavy atom. The third kappa shape index (κ3) is 24.2. The quantitative estimate of drug-likeness (QED) is 0.0165. The number of primary amides is 2. The number of fused-ring (bicyclic) bond motifs is 2. The maximum Gasteiger partial charge on any atom is 0.252 e. The summed E-state index contributed by atoms with van der Waals surface area (Å²) in [7, 11) is 0. The zero-order valence-corrected chi connectivity index (χ0v) is 71.0. The Bertz CT molecular complexity index is 4230. The first kappa shape index (κ1) is 87.3. The molecular weight excluding hydrogens is 1390 g/mol. The molecule has 0 atom stereocenters. The number of amides is 4. The lowest BCUT2D eigenvalue weighted by molar-refractivity contribution is 0.0951. The Morgan fingerprint density at radius 2 is 0.446 bits per heavy atom. The van der Waals surface area contributed by atoms with Gasteiger partial charge < -0.3 is 41.0 Å². The van der Waals surface area contributed by atoms with Crippen molar-refractivity contribution in [3.8, 4) is 46.0 Å². The molecule has 0 heterocycles. The molecule has 0 aliphatic carbocycles. The number of rotatable bonds is 46. The summed E-state index contributed by atoms with van der Waals surface area (Å²) in [5, 5.41) is 9.38. The summed E-state index contributed by atoms with van der Waals surface area (Å²) in [6.45, 7) is 31.1. The molecule has 4 amide bonds. The van der Waals surface area contributed by atoms with Crippen molar-refractivity contribution in [2.45, 2.75) is 324 Å². The molecule has 0 aromatic heterocycles. The zero-order chi connectivity index (χ0) is 80.6. The molecule has 112 heavy (non-hydrogen) atoms. The third-order valence-corrected chi connectivity index (χ3v) is 22.6. The largest absolute Gasteiger partial charge is 0.457 e. The van der Waals surface area contributed by atoms with Crippen LogP contribution in [0.5, 0.6) is 46.0 Å². The van der Waals surface area contributed by atoms with Gasteiger partial charge in [-0.25, -0.2) is 0 Å². The molecule has 0 bridgehead atoms. The van der Waals surface area contributed by atoms with Crippen LogP contribution in [-0.2, 0) is 21.7 Å². The number of nitrogens with one attached hydrogen (secondary N) is 2. The van der Waals surface area contributed by atoms with E-state index in [0.29, 0.717) is 73.8 Å². The van der Waals surface area contributed by atoms with Crippen molar-refractivity contribution in [2.24, 2.45) is 11.5 Å². The molecular formula is C100H136N4O8. The molecule has 0 radical (unpaired) electrons. The van der Waals surface area contributed by atoms with Crippen LogP contribution in [0.2, 0.25) is 0 Å². The standard InChI is InChI=1S/C100H136N4O8/c1-15-17-19-21-23-25-27-29-31-33-35-37-39-41-43-45-63-103-95(107)79-67-83(111-75-59-51-71(52-60-75)99(9,10)11)89-87-81(109-73-55-47-69(48-56-73)97(3,4)5)65-77(93(101)105)85-78(94(102)106)66-82(110-74-57-49-70(50-58-74)98(6,7)8)88(91(85)87)90-84(112-76-61-53-72(54-62-76)100(12,13)14)68-80(86(79)92(89)90)96(108)104-64-46-44-42-40-38-36-34-32-30-28-26-24-22-20-18-16-2/h47-62,65-68H,15-46,63-64H2,1-14H3,(H2,101,105)(H2,102,106)(H,103,107)(H,104,108). The molecule has 0 spiro atoms. The number of unbranched alkanes of at least 4 members (excludes halogenated alkanes) is 30. The first-order chi connectivity index (χ1) is 53.6. The van der Waals surface area contributed by atoms with Crippen LogP contribution in [0.3, 0.4) is 0 Å². The second-order valence-electron chi connectivity index (χ2n) is 36.0. The van der Waals surface area contributed by atoms with Gasteiger partial charge in [0, 0.05) is 56.2 Å². The van der Waals surface area contributed by atoms with Gasteiger partial charge in [0.25, 0.3) is 11.8 Å². The van der Waals surface area contributed by atoms with E-state index in [0.717, 1.165) is 73.6 Å². The van der Waals surface area contributed by atoms with Gasteiger partial charge in [-0.15, -0.1) is 0 Å². The molecule has 0 saturated heterocycles. The summed E-state index contributed by atoms with van der Waals surface area (Å²) < 4.78 is 29.3. The van der Waals surface area contributed by atoms with E-state index in [4.69, 9.17) is 30.4 Å². The smallest absolute Gasteiger partial charge is 0.252 e. The van der Waals surface area contributed by atoms with Crippen molar-refractivity contribution in [2.75, 3.05) is 13.1 Å². The maximum atomic E-state index is 16.1. The Morgan fingerprint density at radius 1 is 0.259 bits per heavy atom. The molecule has 0 aliphatic rings. The number of nitrogens with two attached hydrogens (primary N) is 2. The van der Waals surface area contributed by atoms with Crippen LogP contribution >= 0.6 is 0 Å². The number of benzene rings is 9. The van der Waals surface area contributed by atoms with Crippen LogP contribution in [0, 0.1) is 0 Å². The molecule has 0 saturated carbocycles. The van der Waals surface area contributed by atoms with Gasteiger partial charge in [0.1, 0.15) is 46.0 Å². The molecule has 604 valence electrons. The molecule has 12 heteroatoms. The van der Waals surface area contributed by atoms with Crippen LogP contribution in [0.25, 0.3) is 43.1 Å². The van der Waals surface area contributed by atoms with Gasteiger partial charge in [0.15, 0.2) is 0 Å². The maximum absolute atomic E-state index is 16.1. The van der Waals surface area contributed by atoms with Gasteiger partial charge in [-0.2, -0.15) is 0 Å². The second-order valence-corrected chi connectivity index (χ2v) is 36.0. The van der Waals surface area contributed by atoms with E-state index < -0.39 is 23.6 Å². The summed E-state index contributed by atoms with van der Waals surface area (Å²) in [5.74, 6) is 0.00927. The normalized spacial score (nSPS) is 12.2. The average Bonchev–Trinajstić information content (AvgIpc) is 0.680. The molecule has 0 fully saturated rings. The fraction of sp³-hybridized carbons (Fsp3) is 0.520. The van der Waals surface area contributed by atoms with Gasteiger partial charge in [-0.05, 0) is 130 Å². The van der Waals surface area contributed by atoms with Crippen LogP contribution < -0.4 is 41.0 Å². The molecule has 9 aromatic carbocycles. The predicted octanol–water partition coefficient (Wildman–Crippen LogP) is 28.3. The van der Waals surface area contributed by atoms with Gasteiger partial charge in [-0.3, -0.25) is 19.2 Å². The van der Waals surface area contributed by atoms with E-state index in [2.05, 4.69) is 108 Å². The number of ether oxygens (including phenoxy) is 4. The first-order valence-electron chi connectivity index (χ1n) is 43.2. The van der Waals surface area contributed by atoms with Crippen LogP contribution in [-0.4, -0.2) is 36.7 Å². The third-order valence-electron chi connectivity index (χ3n) is 22.6. The highest BCUT2D eigenvalue weighted by Gasteiger charge is 2.35. The minimum absolute atomic E-state index is 0.0495. The highest BCUT2D eigenvalue weighted by molar-refractivity contribution is 6.42. The van der Waals surface area contributed by atoms with Crippen molar-refractivity contribution in [1.82, 2.24) is 10.6 Å². The van der Waals surface area contributed by atoms with Crippen molar-refractivity contribution >= 4 is 66.7 Å². The van der Waals surface area contributed by atoms with E-state index in [1.807, 2.05) is 97.1 Å². The summed E-state index contributed by atoms with van der Waals surface area (Å²) in [6.07, 6.45) is 39.3.